The summed E-state index contributed by atoms with van der Waals surface area (Å²) in [5.74, 6) is -0.753. The molecule has 0 aliphatic rings. The van der Waals surface area contributed by atoms with Crippen molar-refractivity contribution in [3.63, 3.8) is 0 Å². The average molecular weight is 265 g/mol. The van der Waals surface area contributed by atoms with E-state index in [0.29, 0.717) is 25.2 Å². The van der Waals surface area contributed by atoms with Crippen LogP contribution in [0.15, 0.2) is 18.2 Å². The van der Waals surface area contributed by atoms with Crippen molar-refractivity contribution in [3.05, 3.63) is 39.7 Å². The molecule has 0 aromatic heterocycles. The molecular weight excluding hydrogens is 249 g/mol. The number of nitro groups is 1. The van der Waals surface area contributed by atoms with E-state index in [1.54, 1.807) is 6.92 Å². The Morgan fingerprint density at radius 2 is 2.21 bits per heavy atom. The van der Waals surface area contributed by atoms with E-state index in [9.17, 15) is 14.5 Å². The Morgan fingerprint density at radius 3 is 2.74 bits per heavy atom. The van der Waals surface area contributed by atoms with E-state index in [1.165, 1.54) is 12.1 Å². The number of non-ortho nitro benzene ring substituents is 1. The van der Waals surface area contributed by atoms with Crippen LogP contribution in [0.2, 0.25) is 0 Å². The van der Waals surface area contributed by atoms with E-state index in [-0.39, 0.29) is 11.6 Å². The van der Waals surface area contributed by atoms with Crippen LogP contribution >= 0.6 is 0 Å². The molecule has 1 unspecified atom stereocenters. The summed E-state index contributed by atoms with van der Waals surface area (Å²) in [6, 6.07) is 5.68. The predicted octanol–water partition coefficient (Wildman–Crippen LogP) is 2.72. The molecule has 6 heteroatoms. The van der Waals surface area contributed by atoms with Crippen molar-refractivity contribution in [1.82, 2.24) is 4.90 Å². The molecule has 19 heavy (non-hydrogen) atoms. The first-order valence-electron chi connectivity index (χ1n) is 6.02. The van der Waals surface area contributed by atoms with Crippen LogP contribution in [-0.4, -0.2) is 22.9 Å². The number of hydrogen-bond donors (Lipinski definition) is 0. The van der Waals surface area contributed by atoms with E-state index < -0.39 is 10.7 Å². The van der Waals surface area contributed by atoms with Crippen molar-refractivity contribution < 1.29 is 9.31 Å². The molecule has 0 radical (unpaired) electrons. The fraction of sp³-hybridized carbons (Fsp3) is 0.462. The van der Waals surface area contributed by atoms with Crippen molar-refractivity contribution in [2.24, 2.45) is 5.92 Å². The van der Waals surface area contributed by atoms with E-state index >= 15 is 0 Å². The Balaban J connectivity index is 2.85. The molecule has 0 spiro atoms. The van der Waals surface area contributed by atoms with E-state index in [0.717, 1.165) is 6.07 Å². The van der Waals surface area contributed by atoms with Gasteiger partial charge in [0.1, 0.15) is 5.82 Å². The van der Waals surface area contributed by atoms with Crippen LogP contribution < -0.4 is 0 Å². The minimum Gasteiger partial charge on any atom is -0.298 e. The first kappa shape index (κ1) is 15.1. The maximum absolute atomic E-state index is 13.3. The van der Waals surface area contributed by atoms with Gasteiger partial charge in [0.2, 0.25) is 0 Å². The smallest absolute Gasteiger partial charge is 0.272 e. The van der Waals surface area contributed by atoms with Crippen molar-refractivity contribution in [2.45, 2.75) is 20.4 Å². The Bertz CT molecular complexity index is 499. The van der Waals surface area contributed by atoms with E-state index in [4.69, 9.17) is 5.26 Å². The van der Waals surface area contributed by atoms with Gasteiger partial charge in [-0.1, -0.05) is 6.92 Å². The second-order valence-corrected chi connectivity index (χ2v) is 4.43. The van der Waals surface area contributed by atoms with Crippen LogP contribution in [0, 0.1) is 33.2 Å². The first-order chi connectivity index (χ1) is 8.96. The van der Waals surface area contributed by atoms with Gasteiger partial charge in [-0.25, -0.2) is 4.39 Å². The lowest BCUT2D eigenvalue weighted by Crippen LogP contribution is -2.27. The average Bonchev–Trinajstić information content (AvgIpc) is 2.36. The zero-order valence-corrected chi connectivity index (χ0v) is 11.0. The Kier molecular flexibility index (Phi) is 5.39. The number of nitriles is 1. The van der Waals surface area contributed by atoms with Crippen LogP contribution in [0.1, 0.15) is 19.4 Å². The number of hydrogen-bond acceptors (Lipinski definition) is 4. The molecule has 1 aromatic carbocycles. The third-order valence-corrected chi connectivity index (χ3v) is 2.76. The minimum absolute atomic E-state index is 0.136. The lowest BCUT2D eigenvalue weighted by atomic mass is 10.1. The van der Waals surface area contributed by atoms with Gasteiger partial charge >= 0.3 is 0 Å². The highest BCUT2D eigenvalue weighted by Crippen LogP contribution is 2.18. The molecule has 102 valence electrons. The van der Waals surface area contributed by atoms with Gasteiger partial charge in [-0.05, 0) is 25.1 Å². The largest absolute Gasteiger partial charge is 0.298 e. The summed E-state index contributed by atoms with van der Waals surface area (Å²) in [5.41, 5.74) is 0.290. The van der Waals surface area contributed by atoms with Crippen LogP contribution in [-0.2, 0) is 6.54 Å². The molecule has 0 amide bonds. The minimum atomic E-state index is -0.617. The summed E-state index contributed by atoms with van der Waals surface area (Å²) in [6.45, 7) is 5.36. The molecular formula is C13H16FN3O2. The number of benzene rings is 1. The number of nitro benzene ring substituents is 1. The molecule has 1 atom stereocenters. The highest BCUT2D eigenvalue weighted by Gasteiger charge is 2.13. The van der Waals surface area contributed by atoms with Gasteiger partial charge in [0, 0.05) is 19.2 Å². The van der Waals surface area contributed by atoms with Crippen LogP contribution in [0.3, 0.4) is 0 Å². The van der Waals surface area contributed by atoms with Gasteiger partial charge < -0.3 is 0 Å². The van der Waals surface area contributed by atoms with Crippen molar-refractivity contribution in [2.75, 3.05) is 13.1 Å². The van der Waals surface area contributed by atoms with Gasteiger partial charge in [-0.2, -0.15) is 5.26 Å². The molecule has 0 N–H and O–H groups in total. The Hall–Kier alpha value is -2.00. The van der Waals surface area contributed by atoms with Crippen LogP contribution in [0.5, 0.6) is 0 Å². The molecule has 0 saturated carbocycles. The highest BCUT2D eigenvalue weighted by molar-refractivity contribution is 5.35. The van der Waals surface area contributed by atoms with Crippen molar-refractivity contribution in [3.8, 4) is 6.07 Å². The van der Waals surface area contributed by atoms with Gasteiger partial charge in [0.15, 0.2) is 0 Å². The van der Waals surface area contributed by atoms with Gasteiger partial charge in [0.25, 0.3) is 5.69 Å². The molecule has 0 fully saturated rings. The summed E-state index contributed by atoms with van der Waals surface area (Å²) in [4.78, 5) is 12.0. The SMILES string of the molecule is CCN(Cc1cc(F)cc([N+](=O)[O-])c1)CC(C)C#N. The van der Waals surface area contributed by atoms with Crippen LogP contribution in [0.25, 0.3) is 0 Å². The molecule has 0 saturated heterocycles. The van der Waals surface area contributed by atoms with E-state index in [1.807, 2.05) is 11.8 Å². The molecule has 1 aromatic rings. The van der Waals surface area contributed by atoms with E-state index in [2.05, 4.69) is 6.07 Å². The fourth-order valence-electron chi connectivity index (χ4n) is 1.82. The zero-order chi connectivity index (χ0) is 14.4. The highest BCUT2D eigenvalue weighted by atomic mass is 19.1. The summed E-state index contributed by atoms with van der Waals surface area (Å²) < 4.78 is 13.3. The van der Waals surface area contributed by atoms with Crippen LogP contribution in [0.4, 0.5) is 10.1 Å². The topological polar surface area (TPSA) is 70.2 Å². The van der Waals surface area contributed by atoms with Gasteiger partial charge in [-0.15, -0.1) is 0 Å². The summed E-state index contributed by atoms with van der Waals surface area (Å²) >= 11 is 0. The Labute approximate surface area is 111 Å². The zero-order valence-electron chi connectivity index (χ0n) is 11.0. The summed E-state index contributed by atoms with van der Waals surface area (Å²) in [7, 11) is 0. The molecule has 0 bridgehead atoms. The monoisotopic (exact) mass is 265 g/mol. The number of halogens is 1. The molecule has 5 nitrogen and oxygen atoms in total. The van der Waals surface area contributed by atoms with Crippen molar-refractivity contribution >= 4 is 5.69 Å². The summed E-state index contributed by atoms with van der Waals surface area (Å²) in [5, 5.41) is 19.4. The maximum atomic E-state index is 13.3. The first-order valence-corrected chi connectivity index (χ1v) is 6.02. The lowest BCUT2D eigenvalue weighted by Gasteiger charge is -2.21. The maximum Gasteiger partial charge on any atom is 0.272 e. The fourth-order valence-corrected chi connectivity index (χ4v) is 1.82. The third kappa shape index (κ3) is 4.64. The molecule has 0 aliphatic heterocycles. The molecule has 1 rings (SSSR count). The second-order valence-electron chi connectivity index (χ2n) is 4.43. The van der Waals surface area contributed by atoms with Gasteiger partial charge in [-0.3, -0.25) is 15.0 Å². The van der Waals surface area contributed by atoms with Crippen molar-refractivity contribution in [1.29, 1.82) is 5.26 Å². The Morgan fingerprint density at radius 1 is 1.53 bits per heavy atom. The summed E-state index contributed by atoms with van der Waals surface area (Å²) in [6.07, 6.45) is 0. The standard InChI is InChI=1S/C13H16FN3O2/c1-3-16(8-10(2)7-15)9-11-4-12(14)6-13(5-11)17(18)19/h4-6,10H,3,8-9H2,1-2H3. The number of nitrogens with zero attached hydrogens (tertiary/aromatic N) is 3. The molecule has 0 aliphatic carbocycles. The second kappa shape index (κ2) is 6.81. The lowest BCUT2D eigenvalue weighted by molar-refractivity contribution is -0.385. The predicted molar refractivity (Wildman–Crippen MR) is 68.8 cm³/mol. The molecule has 0 heterocycles. The third-order valence-electron chi connectivity index (χ3n) is 2.76. The quantitative estimate of drug-likeness (QED) is 0.585. The number of rotatable bonds is 6. The normalized spacial score (nSPS) is 12.2. The van der Waals surface area contributed by atoms with Gasteiger partial charge in [0.05, 0.1) is 23.0 Å².